The second kappa shape index (κ2) is 4.59. The second-order valence-corrected chi connectivity index (χ2v) is 3.99. The van der Waals surface area contributed by atoms with Gasteiger partial charge in [0.15, 0.2) is 17.5 Å². The number of allylic oxidation sites excluding steroid dienone is 3. The Morgan fingerprint density at radius 2 is 1.18 bits per heavy atom. The van der Waals surface area contributed by atoms with Gasteiger partial charge in [-0.1, -0.05) is 0 Å². The number of rotatable bonds is 1. The Bertz CT molecular complexity index is 585. The SMILES string of the molecule is NC(=O)C1=C(F)C(F)=C(F)C(F)(C(F)(F)F)C1(F)C(F)(F)F. The van der Waals surface area contributed by atoms with Gasteiger partial charge < -0.3 is 5.73 Å². The zero-order valence-electron chi connectivity index (χ0n) is 9.64. The molecule has 0 aromatic rings. The Kier molecular flexibility index (Phi) is 3.80. The van der Waals surface area contributed by atoms with Crippen LogP contribution >= 0.6 is 0 Å². The minimum atomic E-state index is -7.04. The molecule has 2 atom stereocenters. The third-order valence-corrected chi connectivity index (χ3v) is 2.75. The van der Waals surface area contributed by atoms with Crippen molar-refractivity contribution in [2.75, 3.05) is 0 Å². The van der Waals surface area contributed by atoms with Crippen LogP contribution in [0.1, 0.15) is 0 Å². The zero-order valence-corrected chi connectivity index (χ0v) is 9.64. The van der Waals surface area contributed by atoms with Crippen LogP contribution in [-0.4, -0.2) is 29.6 Å². The number of halogens is 11. The van der Waals surface area contributed by atoms with Gasteiger partial charge in [0.25, 0.3) is 11.6 Å². The average Bonchev–Trinajstić information content (AvgIpc) is 2.30. The monoisotopic (exact) mass is 349 g/mol. The average molecular weight is 349 g/mol. The summed E-state index contributed by atoms with van der Waals surface area (Å²) in [6.07, 6.45) is -14.0. The number of alkyl halides is 8. The lowest BCUT2D eigenvalue weighted by Crippen LogP contribution is -2.68. The van der Waals surface area contributed by atoms with Crippen molar-refractivity contribution in [2.45, 2.75) is 23.7 Å². The third-order valence-electron chi connectivity index (χ3n) is 2.75. The standard InChI is InChI=1S/C9H2F11NO/c10-2-1(5(21)22)6(13,8(15,16)17)7(14,9(18,19)20)4(12)3(2)11/h(H2,21,22). The lowest BCUT2D eigenvalue weighted by atomic mass is 9.73. The molecule has 0 fully saturated rings. The molecular formula is C9H2F11NO. The van der Waals surface area contributed by atoms with Crippen LogP contribution in [0.2, 0.25) is 0 Å². The van der Waals surface area contributed by atoms with E-state index >= 15 is 0 Å². The summed E-state index contributed by atoms with van der Waals surface area (Å²) >= 11 is 0. The number of carbonyl (C=O) groups excluding carboxylic acids is 1. The molecule has 0 aliphatic heterocycles. The first-order chi connectivity index (χ1) is 9.55. The van der Waals surface area contributed by atoms with Gasteiger partial charge in [0.1, 0.15) is 5.57 Å². The van der Waals surface area contributed by atoms with Gasteiger partial charge in [0.05, 0.1) is 0 Å². The summed E-state index contributed by atoms with van der Waals surface area (Å²) in [5.74, 6) is -13.7. The van der Waals surface area contributed by atoms with Gasteiger partial charge in [-0.3, -0.25) is 4.79 Å². The number of amides is 1. The molecule has 1 amide bonds. The number of primary amides is 1. The summed E-state index contributed by atoms with van der Waals surface area (Å²) in [6, 6.07) is 0. The van der Waals surface area contributed by atoms with Crippen LogP contribution in [-0.2, 0) is 4.79 Å². The molecule has 1 aliphatic carbocycles. The Morgan fingerprint density at radius 3 is 1.45 bits per heavy atom. The highest BCUT2D eigenvalue weighted by Gasteiger charge is 2.86. The Morgan fingerprint density at radius 1 is 0.818 bits per heavy atom. The summed E-state index contributed by atoms with van der Waals surface area (Å²) in [4.78, 5) is 10.6. The number of hydrogen-bond donors (Lipinski definition) is 1. The van der Waals surface area contributed by atoms with E-state index in [2.05, 4.69) is 5.73 Å². The maximum absolute atomic E-state index is 14.0. The van der Waals surface area contributed by atoms with Crippen LogP contribution in [0.3, 0.4) is 0 Å². The summed E-state index contributed by atoms with van der Waals surface area (Å²) < 4.78 is 142. The molecule has 0 spiro atoms. The quantitative estimate of drug-likeness (QED) is 0.725. The van der Waals surface area contributed by atoms with E-state index in [1.54, 1.807) is 0 Å². The van der Waals surface area contributed by atoms with Crippen molar-refractivity contribution in [2.24, 2.45) is 5.73 Å². The molecule has 0 bridgehead atoms. The number of carbonyl (C=O) groups is 1. The predicted molar refractivity (Wildman–Crippen MR) is 46.4 cm³/mol. The molecule has 1 rings (SSSR count). The molecular weight excluding hydrogens is 347 g/mol. The molecule has 2 N–H and O–H groups in total. The predicted octanol–water partition coefficient (Wildman–Crippen LogP) is 3.40. The van der Waals surface area contributed by atoms with Gasteiger partial charge in [-0.2, -0.15) is 26.3 Å². The fraction of sp³-hybridized carbons (Fsp3) is 0.444. The first-order valence-electron chi connectivity index (χ1n) is 4.82. The number of nitrogens with two attached hydrogens (primary N) is 1. The molecule has 2 unspecified atom stereocenters. The first kappa shape index (κ1) is 18.2. The van der Waals surface area contributed by atoms with E-state index in [1.165, 1.54) is 0 Å². The first-order valence-corrected chi connectivity index (χ1v) is 4.82. The van der Waals surface area contributed by atoms with Crippen molar-refractivity contribution in [3.8, 4) is 0 Å². The molecule has 126 valence electrons. The maximum Gasteiger partial charge on any atom is 0.433 e. The van der Waals surface area contributed by atoms with Crippen LogP contribution < -0.4 is 5.73 Å². The summed E-state index contributed by atoms with van der Waals surface area (Å²) in [6.45, 7) is 0. The van der Waals surface area contributed by atoms with Gasteiger partial charge in [0.2, 0.25) is 0 Å². The summed E-state index contributed by atoms with van der Waals surface area (Å²) in [5.41, 5.74) is -12.6. The van der Waals surface area contributed by atoms with Crippen LogP contribution in [0.5, 0.6) is 0 Å². The maximum atomic E-state index is 14.0. The van der Waals surface area contributed by atoms with E-state index in [0.29, 0.717) is 0 Å². The molecule has 0 saturated heterocycles. The molecule has 0 radical (unpaired) electrons. The molecule has 13 heteroatoms. The third kappa shape index (κ3) is 1.90. The van der Waals surface area contributed by atoms with E-state index in [0.717, 1.165) is 0 Å². The summed E-state index contributed by atoms with van der Waals surface area (Å²) in [5, 5.41) is 0. The van der Waals surface area contributed by atoms with Crippen LogP contribution in [0.25, 0.3) is 0 Å². The van der Waals surface area contributed by atoms with Gasteiger partial charge in [-0.15, -0.1) is 0 Å². The van der Waals surface area contributed by atoms with E-state index in [1.807, 2.05) is 0 Å². The molecule has 1 aliphatic rings. The van der Waals surface area contributed by atoms with Crippen LogP contribution in [0.15, 0.2) is 23.1 Å². The zero-order chi connectivity index (χ0) is 17.9. The van der Waals surface area contributed by atoms with Gasteiger partial charge in [-0.25, -0.2) is 22.0 Å². The molecule has 0 aromatic carbocycles. The molecule has 22 heavy (non-hydrogen) atoms. The van der Waals surface area contributed by atoms with Gasteiger partial charge >= 0.3 is 18.0 Å². The van der Waals surface area contributed by atoms with Crippen molar-refractivity contribution < 1.29 is 53.1 Å². The topological polar surface area (TPSA) is 43.1 Å². The lowest BCUT2D eigenvalue weighted by Gasteiger charge is -2.42. The fourth-order valence-corrected chi connectivity index (χ4v) is 1.77. The fourth-order valence-electron chi connectivity index (χ4n) is 1.77. The molecule has 2 nitrogen and oxygen atoms in total. The van der Waals surface area contributed by atoms with Crippen LogP contribution in [0.4, 0.5) is 48.3 Å². The second-order valence-electron chi connectivity index (χ2n) is 3.99. The van der Waals surface area contributed by atoms with E-state index < -0.39 is 52.7 Å². The minimum Gasteiger partial charge on any atom is -0.366 e. The Balaban J connectivity index is 4.07. The summed E-state index contributed by atoms with van der Waals surface area (Å²) in [7, 11) is 0. The molecule has 0 heterocycles. The van der Waals surface area contributed by atoms with Gasteiger partial charge in [-0.05, 0) is 0 Å². The van der Waals surface area contributed by atoms with E-state index in [9.17, 15) is 53.1 Å². The smallest absolute Gasteiger partial charge is 0.366 e. The van der Waals surface area contributed by atoms with E-state index in [-0.39, 0.29) is 0 Å². The Labute approximate surface area is 113 Å². The highest BCUT2D eigenvalue weighted by Crippen LogP contribution is 2.62. The highest BCUT2D eigenvalue weighted by molar-refractivity contribution is 5.96. The van der Waals surface area contributed by atoms with Crippen molar-refractivity contribution in [1.82, 2.24) is 0 Å². The van der Waals surface area contributed by atoms with Gasteiger partial charge in [0, 0.05) is 0 Å². The van der Waals surface area contributed by atoms with Crippen molar-refractivity contribution in [3.63, 3.8) is 0 Å². The Hall–Kier alpha value is -1.82. The van der Waals surface area contributed by atoms with Crippen molar-refractivity contribution >= 4 is 5.91 Å². The van der Waals surface area contributed by atoms with Crippen molar-refractivity contribution in [1.29, 1.82) is 0 Å². The molecule has 0 aromatic heterocycles. The van der Waals surface area contributed by atoms with Crippen LogP contribution in [0, 0.1) is 0 Å². The number of hydrogen-bond acceptors (Lipinski definition) is 1. The molecule has 0 saturated carbocycles. The van der Waals surface area contributed by atoms with Crippen molar-refractivity contribution in [3.05, 3.63) is 23.1 Å². The highest BCUT2D eigenvalue weighted by atomic mass is 19.4. The van der Waals surface area contributed by atoms with E-state index in [4.69, 9.17) is 0 Å². The lowest BCUT2D eigenvalue weighted by molar-refractivity contribution is -0.325. The largest absolute Gasteiger partial charge is 0.433 e. The minimum absolute atomic E-state index is 2.90. The normalized spacial score (nSPS) is 30.9.